The van der Waals surface area contributed by atoms with E-state index in [1.165, 1.54) is 0 Å². The highest BCUT2D eigenvalue weighted by Gasteiger charge is 2.30. The number of rotatable bonds is 12. The van der Waals surface area contributed by atoms with Crippen LogP contribution in [0.5, 0.6) is 0 Å². The molecule has 2 aromatic heterocycles. The summed E-state index contributed by atoms with van der Waals surface area (Å²) < 4.78 is 5.74. The lowest BCUT2D eigenvalue weighted by Gasteiger charge is -2.28. The minimum Gasteiger partial charge on any atom is -0.434 e. The highest BCUT2D eigenvalue weighted by molar-refractivity contribution is 6.00. The number of carbonyl (C=O) groups excluding carboxylic acids is 2. The lowest BCUT2D eigenvalue weighted by atomic mass is 9.88. The highest BCUT2D eigenvalue weighted by atomic mass is 16.4. The number of ketones is 1. The number of oxazole rings is 1. The number of Topliss-reactive ketones (excluding diaryl/α,β-unsaturated/α-hetero) is 1. The summed E-state index contributed by atoms with van der Waals surface area (Å²) in [7, 11) is 0. The molecule has 1 fully saturated rings. The van der Waals surface area contributed by atoms with Crippen molar-refractivity contribution in [2.75, 3.05) is 31.1 Å². The molecule has 238 valence electrons. The van der Waals surface area contributed by atoms with Gasteiger partial charge in [0, 0.05) is 31.9 Å². The average molecular weight is 618 g/mol. The Labute approximate surface area is 270 Å². The first-order chi connectivity index (χ1) is 22.4. The SMILES string of the molecule is CCCC(NC(=O)C(CC(C)C)c1ccc(-c2ccc(-c3ccc(N4CCNCC4)[nH]3)cc2)cc1)C(=O)c1nc2ccccc2o1. The van der Waals surface area contributed by atoms with Crippen molar-refractivity contribution in [1.29, 1.82) is 0 Å². The number of anilines is 1. The molecule has 8 nitrogen and oxygen atoms in total. The number of nitrogens with one attached hydrogen (secondary N) is 3. The molecular formula is C38H43N5O3. The zero-order valence-corrected chi connectivity index (χ0v) is 26.9. The van der Waals surface area contributed by atoms with E-state index < -0.39 is 6.04 Å². The summed E-state index contributed by atoms with van der Waals surface area (Å²) in [6.07, 6.45) is 1.91. The maximum Gasteiger partial charge on any atom is 0.266 e. The first-order valence-corrected chi connectivity index (χ1v) is 16.4. The second-order valence-corrected chi connectivity index (χ2v) is 12.6. The number of amides is 1. The van der Waals surface area contributed by atoms with Crippen molar-refractivity contribution in [2.24, 2.45) is 5.92 Å². The van der Waals surface area contributed by atoms with E-state index in [-0.39, 0.29) is 23.5 Å². The Kier molecular flexibility index (Phi) is 9.64. The van der Waals surface area contributed by atoms with Gasteiger partial charge >= 0.3 is 0 Å². The molecule has 0 bridgehead atoms. The predicted molar refractivity (Wildman–Crippen MR) is 184 cm³/mol. The number of benzene rings is 3. The Hall–Kier alpha value is -4.69. The summed E-state index contributed by atoms with van der Waals surface area (Å²) in [5.74, 6) is 0.651. The number of hydrogen-bond acceptors (Lipinski definition) is 6. The Balaban J connectivity index is 1.15. The second-order valence-electron chi connectivity index (χ2n) is 12.6. The molecule has 0 aliphatic carbocycles. The summed E-state index contributed by atoms with van der Waals surface area (Å²) in [5, 5.41) is 6.46. The van der Waals surface area contributed by atoms with Gasteiger partial charge in [-0.2, -0.15) is 0 Å². The van der Waals surface area contributed by atoms with Crippen LogP contribution in [-0.4, -0.2) is 53.9 Å². The fraction of sp³-hybridized carbons (Fsp3) is 0.342. The minimum atomic E-state index is -0.703. The van der Waals surface area contributed by atoms with Crippen molar-refractivity contribution in [3.63, 3.8) is 0 Å². The van der Waals surface area contributed by atoms with Crippen LogP contribution >= 0.6 is 0 Å². The standard InChI is InChI=1S/C38H43N5O3/c1-4-7-33(36(44)38-42-32-8-5-6-9-34(32)46-38)41-37(45)30(24-25(2)3)28-14-10-26(11-15-28)27-12-16-29(17-13-27)31-18-19-35(40-31)43-22-20-39-21-23-43/h5-6,8-19,25,30,33,39-40H,4,7,20-24H2,1-3H3,(H,41,45). The average Bonchev–Trinajstić information content (AvgIpc) is 3.76. The van der Waals surface area contributed by atoms with E-state index in [1.54, 1.807) is 6.07 Å². The Morgan fingerprint density at radius 3 is 2.24 bits per heavy atom. The van der Waals surface area contributed by atoms with E-state index >= 15 is 0 Å². The molecule has 3 N–H and O–H groups in total. The Morgan fingerprint density at radius 1 is 0.891 bits per heavy atom. The summed E-state index contributed by atoms with van der Waals surface area (Å²) in [6.45, 7) is 10.2. The first-order valence-electron chi connectivity index (χ1n) is 16.4. The van der Waals surface area contributed by atoms with Gasteiger partial charge in [-0.25, -0.2) is 4.98 Å². The Morgan fingerprint density at radius 2 is 1.57 bits per heavy atom. The van der Waals surface area contributed by atoms with Crippen LogP contribution in [0.15, 0.2) is 89.3 Å². The normalized spacial score (nSPS) is 14.8. The number of para-hydroxylation sites is 2. The van der Waals surface area contributed by atoms with Crippen molar-refractivity contribution in [1.82, 2.24) is 20.6 Å². The second kappa shape index (κ2) is 14.2. The van der Waals surface area contributed by atoms with Crippen molar-refractivity contribution >= 4 is 28.6 Å². The van der Waals surface area contributed by atoms with Crippen LogP contribution in [0.1, 0.15) is 62.2 Å². The van der Waals surface area contributed by atoms with Gasteiger partial charge in [-0.15, -0.1) is 0 Å². The maximum atomic E-state index is 13.8. The van der Waals surface area contributed by atoms with Gasteiger partial charge < -0.3 is 24.9 Å². The molecule has 2 atom stereocenters. The number of aromatic nitrogens is 2. The number of nitrogens with zero attached hydrogens (tertiary/aromatic N) is 2. The topological polar surface area (TPSA) is 103 Å². The van der Waals surface area contributed by atoms with Gasteiger partial charge in [-0.3, -0.25) is 9.59 Å². The van der Waals surface area contributed by atoms with Gasteiger partial charge in [-0.05, 0) is 65.3 Å². The van der Waals surface area contributed by atoms with Gasteiger partial charge in [0.05, 0.1) is 12.0 Å². The first kappa shape index (κ1) is 31.3. The third kappa shape index (κ3) is 7.07. The summed E-state index contributed by atoms with van der Waals surface area (Å²) in [5.41, 5.74) is 6.57. The van der Waals surface area contributed by atoms with Gasteiger partial charge in [0.2, 0.25) is 11.7 Å². The number of aromatic amines is 1. The highest BCUT2D eigenvalue weighted by Crippen LogP contribution is 2.30. The molecule has 1 aliphatic heterocycles. The van der Waals surface area contributed by atoms with E-state index in [1.807, 2.05) is 37.3 Å². The van der Waals surface area contributed by atoms with E-state index in [0.29, 0.717) is 29.9 Å². The molecule has 8 heteroatoms. The fourth-order valence-electron chi connectivity index (χ4n) is 6.21. The van der Waals surface area contributed by atoms with Crippen molar-refractivity contribution in [3.8, 4) is 22.4 Å². The smallest absolute Gasteiger partial charge is 0.266 e. The van der Waals surface area contributed by atoms with Gasteiger partial charge in [0.15, 0.2) is 5.58 Å². The molecule has 0 saturated carbocycles. The van der Waals surface area contributed by atoms with Crippen LogP contribution in [0.3, 0.4) is 0 Å². The van der Waals surface area contributed by atoms with Gasteiger partial charge in [-0.1, -0.05) is 87.9 Å². The van der Waals surface area contributed by atoms with Gasteiger partial charge in [0.1, 0.15) is 11.3 Å². The van der Waals surface area contributed by atoms with Crippen molar-refractivity contribution in [3.05, 3.63) is 96.4 Å². The molecule has 0 spiro atoms. The molecule has 1 amide bonds. The molecule has 6 rings (SSSR count). The predicted octanol–water partition coefficient (Wildman–Crippen LogP) is 7.20. The van der Waals surface area contributed by atoms with E-state index in [4.69, 9.17) is 4.42 Å². The van der Waals surface area contributed by atoms with Crippen LogP contribution in [0, 0.1) is 5.92 Å². The summed E-state index contributed by atoms with van der Waals surface area (Å²) >= 11 is 0. The van der Waals surface area contributed by atoms with Crippen LogP contribution < -0.4 is 15.5 Å². The zero-order valence-electron chi connectivity index (χ0n) is 26.9. The van der Waals surface area contributed by atoms with E-state index in [2.05, 4.69) is 87.9 Å². The maximum absolute atomic E-state index is 13.8. The van der Waals surface area contributed by atoms with Crippen LogP contribution in [-0.2, 0) is 4.79 Å². The molecule has 46 heavy (non-hydrogen) atoms. The number of H-pyrrole nitrogens is 1. The molecule has 2 unspecified atom stereocenters. The van der Waals surface area contributed by atoms with Crippen molar-refractivity contribution in [2.45, 2.75) is 52.0 Å². The van der Waals surface area contributed by atoms with Crippen LogP contribution in [0.2, 0.25) is 0 Å². The van der Waals surface area contributed by atoms with Crippen molar-refractivity contribution < 1.29 is 14.0 Å². The van der Waals surface area contributed by atoms with E-state index in [0.717, 1.165) is 66.4 Å². The quantitative estimate of drug-likeness (QED) is 0.128. The molecule has 5 aromatic rings. The zero-order chi connectivity index (χ0) is 32.0. The number of piperazine rings is 1. The molecule has 1 saturated heterocycles. The molecule has 1 aliphatic rings. The molecule has 0 radical (unpaired) electrons. The number of fused-ring (bicyclic) bond motifs is 1. The van der Waals surface area contributed by atoms with E-state index in [9.17, 15) is 9.59 Å². The van der Waals surface area contributed by atoms with Gasteiger partial charge in [0.25, 0.3) is 5.89 Å². The Bertz CT molecular complexity index is 1730. The minimum absolute atomic E-state index is 0.0342. The third-order valence-electron chi connectivity index (χ3n) is 8.71. The lowest BCUT2D eigenvalue weighted by Crippen LogP contribution is -2.43. The largest absolute Gasteiger partial charge is 0.434 e. The van der Waals surface area contributed by atoms with Crippen LogP contribution in [0.25, 0.3) is 33.5 Å². The summed E-state index contributed by atoms with van der Waals surface area (Å²) in [6, 6.07) is 27.7. The molecular weight excluding hydrogens is 574 g/mol. The number of hydrogen-bond donors (Lipinski definition) is 3. The monoisotopic (exact) mass is 617 g/mol. The van der Waals surface area contributed by atoms with Crippen LogP contribution in [0.4, 0.5) is 5.82 Å². The fourth-order valence-corrected chi connectivity index (χ4v) is 6.21. The molecule has 3 aromatic carbocycles. The number of carbonyl (C=O) groups is 2. The molecule has 3 heterocycles. The third-order valence-corrected chi connectivity index (χ3v) is 8.71. The lowest BCUT2D eigenvalue weighted by molar-refractivity contribution is -0.123. The summed E-state index contributed by atoms with van der Waals surface area (Å²) in [4.78, 5) is 37.6.